The Morgan fingerprint density at radius 2 is 1.82 bits per heavy atom. The maximum Gasteiger partial charge on any atom is 0.337 e. The van der Waals surface area contributed by atoms with E-state index in [1.54, 1.807) is 43.3 Å². The van der Waals surface area contributed by atoms with Gasteiger partial charge in [0.25, 0.3) is 5.56 Å². The van der Waals surface area contributed by atoms with E-state index in [4.69, 9.17) is 0 Å². The van der Waals surface area contributed by atoms with Crippen molar-refractivity contribution >= 4 is 17.6 Å². The second-order valence-electron chi connectivity index (χ2n) is 4.71. The lowest BCUT2D eigenvalue weighted by molar-refractivity contribution is -0.116. The first-order chi connectivity index (χ1) is 10.5. The summed E-state index contributed by atoms with van der Waals surface area (Å²) in [5.74, 6) is -0.758. The lowest BCUT2D eigenvalue weighted by Crippen LogP contribution is -2.28. The van der Waals surface area contributed by atoms with Crippen molar-refractivity contribution in [1.82, 2.24) is 4.57 Å². The summed E-state index contributed by atoms with van der Waals surface area (Å²) in [5.41, 5.74) is 1.43. The Hall–Kier alpha value is -2.89. The van der Waals surface area contributed by atoms with E-state index in [-0.39, 0.29) is 18.0 Å². The number of carbonyl (C=O) groups is 2. The summed E-state index contributed by atoms with van der Waals surface area (Å²) >= 11 is 0. The van der Waals surface area contributed by atoms with Gasteiger partial charge in [0.1, 0.15) is 6.54 Å². The van der Waals surface area contributed by atoms with Crippen molar-refractivity contribution in [3.8, 4) is 0 Å². The molecule has 0 aliphatic heterocycles. The quantitative estimate of drug-likeness (QED) is 0.870. The fourth-order valence-electron chi connectivity index (χ4n) is 1.98. The monoisotopic (exact) mass is 300 g/mol. The number of aromatic nitrogens is 1. The van der Waals surface area contributed by atoms with Gasteiger partial charge in [0.05, 0.1) is 12.7 Å². The number of hydrogen-bond donors (Lipinski definition) is 1. The zero-order valence-corrected chi connectivity index (χ0v) is 12.3. The second kappa shape index (κ2) is 6.71. The number of nitrogens with one attached hydrogen (secondary N) is 1. The predicted octanol–water partition coefficient (Wildman–Crippen LogP) is 1.58. The van der Waals surface area contributed by atoms with Crippen molar-refractivity contribution in [2.75, 3.05) is 12.4 Å². The molecule has 114 valence electrons. The van der Waals surface area contributed by atoms with E-state index < -0.39 is 5.97 Å². The van der Waals surface area contributed by atoms with E-state index in [0.717, 1.165) is 0 Å². The van der Waals surface area contributed by atoms with E-state index >= 15 is 0 Å². The van der Waals surface area contributed by atoms with E-state index in [1.807, 2.05) is 0 Å². The molecule has 1 aromatic carbocycles. The van der Waals surface area contributed by atoms with E-state index in [0.29, 0.717) is 16.9 Å². The maximum absolute atomic E-state index is 12.0. The van der Waals surface area contributed by atoms with Crippen LogP contribution >= 0.6 is 0 Å². The van der Waals surface area contributed by atoms with Crippen LogP contribution in [0.3, 0.4) is 0 Å². The number of anilines is 1. The van der Waals surface area contributed by atoms with Crippen LogP contribution in [0.5, 0.6) is 0 Å². The second-order valence-corrected chi connectivity index (χ2v) is 4.71. The van der Waals surface area contributed by atoms with Crippen molar-refractivity contribution in [1.29, 1.82) is 0 Å². The molecule has 1 amide bonds. The number of ether oxygens (including phenoxy) is 1. The first-order valence-corrected chi connectivity index (χ1v) is 6.66. The first-order valence-electron chi connectivity index (χ1n) is 6.66. The standard InChI is InChI=1S/C16H16N2O4/c1-11-4-3-5-15(20)18(11)10-14(19)17-13-8-6-12(7-9-13)16(21)22-2/h3-9H,10H2,1-2H3,(H,17,19). The van der Waals surface area contributed by atoms with Crippen LogP contribution in [0.1, 0.15) is 16.1 Å². The zero-order chi connectivity index (χ0) is 16.1. The van der Waals surface area contributed by atoms with Gasteiger partial charge in [-0.05, 0) is 37.3 Å². The van der Waals surface area contributed by atoms with Crippen molar-refractivity contribution < 1.29 is 14.3 Å². The number of carbonyl (C=O) groups excluding carboxylic acids is 2. The summed E-state index contributed by atoms with van der Waals surface area (Å²) in [6, 6.07) is 11.1. The molecular formula is C16H16N2O4. The summed E-state index contributed by atoms with van der Waals surface area (Å²) in [4.78, 5) is 35.0. The smallest absolute Gasteiger partial charge is 0.337 e. The molecule has 1 heterocycles. The number of nitrogens with zero attached hydrogens (tertiary/aromatic N) is 1. The Morgan fingerprint density at radius 3 is 2.41 bits per heavy atom. The Kier molecular flexibility index (Phi) is 4.73. The summed E-state index contributed by atoms with van der Waals surface area (Å²) in [7, 11) is 1.30. The zero-order valence-electron chi connectivity index (χ0n) is 12.3. The molecule has 2 rings (SSSR count). The molecule has 0 saturated heterocycles. The van der Waals surface area contributed by atoms with Crippen molar-refractivity contribution in [3.63, 3.8) is 0 Å². The van der Waals surface area contributed by atoms with Crippen LogP contribution in [0.2, 0.25) is 0 Å². The summed E-state index contributed by atoms with van der Waals surface area (Å²) < 4.78 is 5.99. The minimum Gasteiger partial charge on any atom is -0.465 e. The van der Waals surface area contributed by atoms with Crippen LogP contribution in [-0.4, -0.2) is 23.6 Å². The molecule has 0 fully saturated rings. The molecule has 0 saturated carbocycles. The molecule has 0 aliphatic rings. The number of pyridine rings is 1. The minimum atomic E-state index is -0.440. The van der Waals surface area contributed by atoms with Crippen LogP contribution in [0, 0.1) is 6.92 Å². The third kappa shape index (κ3) is 3.60. The maximum atomic E-state index is 12.0. The normalized spacial score (nSPS) is 10.1. The summed E-state index contributed by atoms with van der Waals surface area (Å²) in [6.07, 6.45) is 0. The predicted molar refractivity (Wildman–Crippen MR) is 81.9 cm³/mol. The molecule has 0 spiro atoms. The fourth-order valence-corrected chi connectivity index (χ4v) is 1.98. The van der Waals surface area contributed by atoms with Gasteiger partial charge in [-0.25, -0.2) is 4.79 Å². The SMILES string of the molecule is COC(=O)c1ccc(NC(=O)Cn2c(C)cccc2=O)cc1. The van der Waals surface area contributed by atoms with Gasteiger partial charge in [-0.2, -0.15) is 0 Å². The van der Waals surface area contributed by atoms with Crippen LogP contribution in [0.4, 0.5) is 5.69 Å². The number of methoxy groups -OCH3 is 1. The highest BCUT2D eigenvalue weighted by molar-refractivity contribution is 5.92. The third-order valence-electron chi connectivity index (χ3n) is 3.16. The average Bonchev–Trinajstić information content (AvgIpc) is 2.51. The molecule has 0 aliphatic carbocycles. The van der Waals surface area contributed by atoms with Crippen LogP contribution < -0.4 is 10.9 Å². The summed E-state index contributed by atoms with van der Waals surface area (Å²) in [5, 5.41) is 2.68. The number of hydrogen-bond acceptors (Lipinski definition) is 4. The van der Waals surface area contributed by atoms with Gasteiger partial charge in [0, 0.05) is 17.4 Å². The largest absolute Gasteiger partial charge is 0.465 e. The molecule has 2 aromatic rings. The third-order valence-corrected chi connectivity index (χ3v) is 3.16. The van der Waals surface area contributed by atoms with Gasteiger partial charge in [-0.15, -0.1) is 0 Å². The molecule has 6 nitrogen and oxygen atoms in total. The highest BCUT2D eigenvalue weighted by Gasteiger charge is 2.08. The Morgan fingerprint density at radius 1 is 1.14 bits per heavy atom. The van der Waals surface area contributed by atoms with Crippen molar-refractivity contribution in [2.45, 2.75) is 13.5 Å². The highest BCUT2D eigenvalue weighted by Crippen LogP contribution is 2.10. The molecule has 0 unspecified atom stereocenters. The number of esters is 1. The number of aryl methyl sites for hydroxylation is 1. The first kappa shape index (κ1) is 15.5. The van der Waals surface area contributed by atoms with E-state index in [1.165, 1.54) is 17.7 Å². The van der Waals surface area contributed by atoms with Gasteiger partial charge in [0.15, 0.2) is 0 Å². The van der Waals surface area contributed by atoms with Gasteiger partial charge in [-0.1, -0.05) is 6.07 Å². The van der Waals surface area contributed by atoms with Gasteiger partial charge >= 0.3 is 5.97 Å². The van der Waals surface area contributed by atoms with Crippen LogP contribution in [-0.2, 0) is 16.1 Å². The summed E-state index contributed by atoms with van der Waals surface area (Å²) in [6.45, 7) is 1.70. The average molecular weight is 300 g/mol. The molecule has 1 aromatic heterocycles. The number of benzene rings is 1. The molecule has 22 heavy (non-hydrogen) atoms. The Bertz CT molecular complexity index is 747. The van der Waals surface area contributed by atoms with E-state index in [9.17, 15) is 14.4 Å². The van der Waals surface area contributed by atoms with Crippen molar-refractivity contribution in [2.24, 2.45) is 0 Å². The Balaban J connectivity index is 2.06. The molecule has 6 heteroatoms. The molecule has 0 atom stereocenters. The van der Waals surface area contributed by atoms with Gasteiger partial charge in [0.2, 0.25) is 5.91 Å². The molecule has 1 N–H and O–H groups in total. The number of amides is 1. The lowest BCUT2D eigenvalue weighted by Gasteiger charge is -2.10. The Labute approximate surface area is 127 Å². The fraction of sp³-hybridized carbons (Fsp3) is 0.188. The van der Waals surface area contributed by atoms with Crippen LogP contribution in [0.15, 0.2) is 47.3 Å². The minimum absolute atomic E-state index is 0.0652. The number of rotatable bonds is 4. The van der Waals surface area contributed by atoms with Crippen molar-refractivity contribution in [3.05, 3.63) is 64.1 Å². The van der Waals surface area contributed by atoms with Gasteiger partial charge in [-0.3, -0.25) is 9.59 Å². The van der Waals surface area contributed by atoms with E-state index in [2.05, 4.69) is 10.1 Å². The molecule has 0 radical (unpaired) electrons. The molecule has 0 bridgehead atoms. The molecular weight excluding hydrogens is 284 g/mol. The highest BCUT2D eigenvalue weighted by atomic mass is 16.5. The van der Waals surface area contributed by atoms with Crippen LogP contribution in [0.25, 0.3) is 0 Å². The lowest BCUT2D eigenvalue weighted by atomic mass is 10.2. The topological polar surface area (TPSA) is 77.4 Å². The van der Waals surface area contributed by atoms with Gasteiger partial charge < -0.3 is 14.6 Å².